The molecular formula is C12H17F3N4. The molecule has 0 saturated carbocycles. The number of halogens is 3. The monoisotopic (exact) mass is 274 g/mol. The van der Waals surface area contributed by atoms with Gasteiger partial charge in [0.1, 0.15) is 5.82 Å². The van der Waals surface area contributed by atoms with Crippen LogP contribution in [-0.2, 0) is 0 Å². The number of nitrogens with zero attached hydrogens (tertiary/aromatic N) is 3. The zero-order chi connectivity index (χ0) is 14.0. The molecule has 1 aromatic rings. The molecule has 1 unspecified atom stereocenters. The number of anilines is 1. The number of likely N-dealkylation sites (tertiary alicyclic amines) is 1. The molecule has 1 N–H and O–H groups in total. The van der Waals surface area contributed by atoms with Crippen LogP contribution in [0.1, 0.15) is 17.8 Å². The van der Waals surface area contributed by atoms with Gasteiger partial charge < -0.3 is 5.32 Å². The van der Waals surface area contributed by atoms with E-state index in [1.807, 2.05) is 13.8 Å². The summed E-state index contributed by atoms with van der Waals surface area (Å²) in [6, 6.07) is -0.00264. The lowest BCUT2D eigenvalue weighted by atomic mass is 10.2. The first kappa shape index (κ1) is 14.0. The van der Waals surface area contributed by atoms with Crippen molar-refractivity contribution in [2.24, 2.45) is 0 Å². The van der Waals surface area contributed by atoms with E-state index in [4.69, 9.17) is 0 Å². The molecule has 0 radical (unpaired) electrons. The molecule has 1 fully saturated rings. The van der Waals surface area contributed by atoms with Crippen LogP contribution in [0, 0.1) is 13.8 Å². The molecule has 2 rings (SSSR count). The number of hydrogen-bond acceptors (Lipinski definition) is 4. The topological polar surface area (TPSA) is 41.1 Å². The minimum atomic E-state index is -4.13. The first-order valence-corrected chi connectivity index (χ1v) is 6.19. The summed E-state index contributed by atoms with van der Waals surface area (Å²) in [4.78, 5) is 9.91. The summed E-state index contributed by atoms with van der Waals surface area (Å²) in [5, 5.41) is 3.18. The van der Waals surface area contributed by atoms with E-state index in [9.17, 15) is 13.2 Å². The van der Waals surface area contributed by atoms with E-state index in [0.717, 1.165) is 11.4 Å². The molecule has 1 atom stereocenters. The summed E-state index contributed by atoms with van der Waals surface area (Å²) in [6.45, 7) is 3.66. The molecule has 1 aliphatic heterocycles. The van der Waals surface area contributed by atoms with E-state index >= 15 is 0 Å². The standard InChI is InChI=1S/C12H17F3N4/c1-8-5-16-9(2)11(17-8)18-10-3-4-19(6-10)7-12(13,14)15/h5,10H,3-4,6-7H2,1-2H3,(H,17,18). The van der Waals surface area contributed by atoms with Gasteiger partial charge in [-0.3, -0.25) is 9.88 Å². The highest BCUT2D eigenvalue weighted by Crippen LogP contribution is 2.21. The Morgan fingerprint density at radius 1 is 1.42 bits per heavy atom. The molecule has 0 aliphatic carbocycles. The van der Waals surface area contributed by atoms with Gasteiger partial charge in [-0.15, -0.1) is 0 Å². The minimum absolute atomic E-state index is 0.00264. The molecule has 0 bridgehead atoms. The number of aromatic nitrogens is 2. The first-order valence-electron chi connectivity index (χ1n) is 6.19. The fourth-order valence-electron chi connectivity index (χ4n) is 2.22. The number of hydrogen-bond donors (Lipinski definition) is 1. The molecule has 2 heterocycles. The first-order chi connectivity index (χ1) is 8.83. The van der Waals surface area contributed by atoms with E-state index in [1.54, 1.807) is 6.20 Å². The van der Waals surface area contributed by atoms with Crippen molar-refractivity contribution in [1.82, 2.24) is 14.9 Å². The van der Waals surface area contributed by atoms with Gasteiger partial charge in [0.25, 0.3) is 0 Å². The van der Waals surface area contributed by atoms with Crippen molar-refractivity contribution in [1.29, 1.82) is 0 Å². The fraction of sp³-hybridized carbons (Fsp3) is 0.667. The number of rotatable bonds is 3. The smallest absolute Gasteiger partial charge is 0.364 e. The highest BCUT2D eigenvalue weighted by Gasteiger charge is 2.34. The zero-order valence-corrected chi connectivity index (χ0v) is 11.0. The lowest BCUT2D eigenvalue weighted by Crippen LogP contribution is -2.34. The Morgan fingerprint density at radius 3 is 2.84 bits per heavy atom. The summed E-state index contributed by atoms with van der Waals surface area (Å²) >= 11 is 0. The van der Waals surface area contributed by atoms with Gasteiger partial charge in [0, 0.05) is 25.3 Å². The lowest BCUT2D eigenvalue weighted by Gasteiger charge is -2.19. The third-order valence-corrected chi connectivity index (χ3v) is 3.09. The Hall–Kier alpha value is -1.37. The van der Waals surface area contributed by atoms with Gasteiger partial charge in [-0.25, -0.2) is 4.98 Å². The van der Waals surface area contributed by atoms with Gasteiger partial charge in [0.15, 0.2) is 0 Å². The number of alkyl halides is 3. The Kier molecular flexibility index (Phi) is 3.93. The van der Waals surface area contributed by atoms with Crippen LogP contribution in [0.15, 0.2) is 6.20 Å². The molecule has 0 amide bonds. The highest BCUT2D eigenvalue weighted by atomic mass is 19.4. The lowest BCUT2D eigenvalue weighted by molar-refractivity contribution is -0.143. The predicted octanol–water partition coefficient (Wildman–Crippen LogP) is 2.14. The maximum Gasteiger partial charge on any atom is 0.401 e. The van der Waals surface area contributed by atoms with E-state index < -0.39 is 12.7 Å². The van der Waals surface area contributed by atoms with Crippen LogP contribution in [0.4, 0.5) is 19.0 Å². The third-order valence-electron chi connectivity index (χ3n) is 3.09. The molecule has 7 heteroatoms. The van der Waals surface area contributed by atoms with Crippen molar-refractivity contribution >= 4 is 5.82 Å². The molecular weight excluding hydrogens is 257 g/mol. The predicted molar refractivity (Wildman–Crippen MR) is 66.0 cm³/mol. The summed E-state index contributed by atoms with van der Waals surface area (Å²) in [5.74, 6) is 0.666. The summed E-state index contributed by atoms with van der Waals surface area (Å²) in [6.07, 6.45) is -1.77. The van der Waals surface area contributed by atoms with E-state index in [-0.39, 0.29) is 6.04 Å². The van der Waals surface area contributed by atoms with E-state index in [2.05, 4.69) is 15.3 Å². The minimum Gasteiger partial charge on any atom is -0.364 e. The maximum absolute atomic E-state index is 12.3. The van der Waals surface area contributed by atoms with Crippen LogP contribution in [-0.4, -0.2) is 46.7 Å². The van der Waals surface area contributed by atoms with E-state index in [0.29, 0.717) is 25.3 Å². The van der Waals surface area contributed by atoms with E-state index in [1.165, 1.54) is 4.90 Å². The Labute approximate surface area is 110 Å². The van der Waals surface area contributed by atoms with Crippen LogP contribution in [0.5, 0.6) is 0 Å². The van der Waals surface area contributed by atoms with Gasteiger partial charge >= 0.3 is 6.18 Å². The number of nitrogens with one attached hydrogen (secondary N) is 1. The molecule has 19 heavy (non-hydrogen) atoms. The van der Waals surface area contributed by atoms with Crippen molar-refractivity contribution in [3.8, 4) is 0 Å². The zero-order valence-electron chi connectivity index (χ0n) is 11.0. The van der Waals surface area contributed by atoms with Crippen LogP contribution in [0.25, 0.3) is 0 Å². The molecule has 1 aliphatic rings. The summed E-state index contributed by atoms with van der Waals surface area (Å²) < 4.78 is 36.9. The highest BCUT2D eigenvalue weighted by molar-refractivity contribution is 5.40. The second-order valence-electron chi connectivity index (χ2n) is 4.93. The Balaban J connectivity index is 1.93. The second-order valence-corrected chi connectivity index (χ2v) is 4.93. The molecule has 1 saturated heterocycles. The largest absolute Gasteiger partial charge is 0.401 e. The number of aryl methyl sites for hydroxylation is 2. The van der Waals surface area contributed by atoms with Crippen LogP contribution < -0.4 is 5.32 Å². The van der Waals surface area contributed by atoms with Crippen molar-refractivity contribution in [3.63, 3.8) is 0 Å². The second kappa shape index (κ2) is 5.32. The van der Waals surface area contributed by atoms with Gasteiger partial charge in [-0.2, -0.15) is 13.2 Å². The van der Waals surface area contributed by atoms with Crippen LogP contribution >= 0.6 is 0 Å². The normalized spacial score (nSPS) is 20.8. The van der Waals surface area contributed by atoms with Crippen molar-refractivity contribution in [2.45, 2.75) is 32.5 Å². The quantitative estimate of drug-likeness (QED) is 0.917. The molecule has 1 aromatic heterocycles. The average Bonchev–Trinajstić information content (AvgIpc) is 2.68. The van der Waals surface area contributed by atoms with Crippen LogP contribution in [0.2, 0.25) is 0 Å². The Bertz CT molecular complexity index is 447. The van der Waals surface area contributed by atoms with Crippen molar-refractivity contribution in [3.05, 3.63) is 17.6 Å². The van der Waals surface area contributed by atoms with Gasteiger partial charge in [-0.1, -0.05) is 0 Å². The third kappa shape index (κ3) is 4.05. The molecule has 0 spiro atoms. The fourth-order valence-corrected chi connectivity index (χ4v) is 2.22. The van der Waals surface area contributed by atoms with Gasteiger partial charge in [0.05, 0.1) is 17.9 Å². The SMILES string of the molecule is Cc1cnc(C)c(NC2CCN(CC(F)(F)F)C2)n1. The van der Waals surface area contributed by atoms with Crippen LogP contribution in [0.3, 0.4) is 0 Å². The summed E-state index contributed by atoms with van der Waals surface area (Å²) in [7, 11) is 0. The average molecular weight is 274 g/mol. The van der Waals surface area contributed by atoms with Gasteiger partial charge in [-0.05, 0) is 20.3 Å². The molecule has 4 nitrogen and oxygen atoms in total. The van der Waals surface area contributed by atoms with Gasteiger partial charge in [0.2, 0.25) is 0 Å². The molecule has 0 aromatic carbocycles. The maximum atomic E-state index is 12.3. The Morgan fingerprint density at radius 2 is 2.16 bits per heavy atom. The molecule has 106 valence electrons. The summed E-state index contributed by atoms with van der Waals surface area (Å²) in [5.41, 5.74) is 1.55. The van der Waals surface area contributed by atoms with Crippen molar-refractivity contribution < 1.29 is 13.2 Å². The van der Waals surface area contributed by atoms with Crippen molar-refractivity contribution in [2.75, 3.05) is 25.0 Å².